The smallest absolute Gasteiger partial charge is 0.418 e. The van der Waals surface area contributed by atoms with Crippen molar-refractivity contribution >= 4 is 11.2 Å². The molecule has 0 aliphatic heterocycles. The number of imidazole rings is 1. The summed E-state index contributed by atoms with van der Waals surface area (Å²) >= 11 is 0. The van der Waals surface area contributed by atoms with Gasteiger partial charge in [-0.3, -0.25) is 0 Å². The molecular formula is C8H6F3N3O. The molecule has 0 N–H and O–H groups in total. The number of pyridine rings is 1. The van der Waals surface area contributed by atoms with Gasteiger partial charge in [0.15, 0.2) is 5.52 Å². The molecule has 0 amide bonds. The lowest BCUT2D eigenvalue weighted by molar-refractivity contribution is -0.579. The highest BCUT2D eigenvalue weighted by Gasteiger charge is 2.36. The van der Waals surface area contributed by atoms with E-state index < -0.39 is 11.7 Å². The molecule has 0 radical (unpaired) electrons. The standard InChI is InChI=1S/C8H6F3N3O/c1-13-4-12-7-6(13)5(8(9,10)11)2-3-14(7)15/h2-4H,1H3. The molecule has 4 nitrogen and oxygen atoms in total. The molecular weight excluding hydrogens is 211 g/mol. The quantitative estimate of drug-likeness (QED) is 0.492. The van der Waals surface area contributed by atoms with E-state index in [1.807, 2.05) is 0 Å². The van der Waals surface area contributed by atoms with Gasteiger partial charge in [-0.15, -0.1) is 0 Å². The topological polar surface area (TPSA) is 44.8 Å². The van der Waals surface area contributed by atoms with Crippen LogP contribution in [0.5, 0.6) is 0 Å². The minimum absolute atomic E-state index is 0.208. The molecule has 15 heavy (non-hydrogen) atoms. The van der Waals surface area contributed by atoms with Crippen LogP contribution in [0, 0.1) is 5.21 Å². The van der Waals surface area contributed by atoms with Crippen LogP contribution >= 0.6 is 0 Å². The Hall–Kier alpha value is -1.79. The second-order valence-corrected chi connectivity index (χ2v) is 3.08. The third kappa shape index (κ3) is 1.39. The number of halogens is 3. The zero-order valence-corrected chi connectivity index (χ0v) is 7.62. The second-order valence-electron chi connectivity index (χ2n) is 3.08. The first-order valence-electron chi connectivity index (χ1n) is 4.01. The van der Waals surface area contributed by atoms with Crippen LogP contribution in [0.15, 0.2) is 18.6 Å². The molecule has 0 aromatic carbocycles. The van der Waals surface area contributed by atoms with Crippen LogP contribution in [0.25, 0.3) is 11.2 Å². The number of nitrogens with zero attached hydrogens (tertiary/aromatic N) is 3. The Morgan fingerprint density at radius 3 is 2.73 bits per heavy atom. The van der Waals surface area contributed by atoms with Crippen molar-refractivity contribution in [2.45, 2.75) is 6.18 Å². The molecule has 2 heterocycles. The number of hydrogen-bond donors (Lipinski definition) is 0. The van der Waals surface area contributed by atoms with Gasteiger partial charge in [-0.1, -0.05) is 0 Å². The van der Waals surface area contributed by atoms with Crippen molar-refractivity contribution in [1.29, 1.82) is 0 Å². The highest BCUT2D eigenvalue weighted by atomic mass is 19.4. The van der Waals surface area contributed by atoms with Gasteiger partial charge in [0.05, 0.1) is 11.8 Å². The summed E-state index contributed by atoms with van der Waals surface area (Å²) in [5.41, 5.74) is -1.29. The summed E-state index contributed by atoms with van der Waals surface area (Å²) in [4.78, 5) is 3.61. The van der Waals surface area contributed by atoms with Gasteiger partial charge in [-0.25, -0.2) is 4.73 Å². The average molecular weight is 217 g/mol. The van der Waals surface area contributed by atoms with E-state index in [1.165, 1.54) is 17.9 Å². The highest BCUT2D eigenvalue weighted by Crippen LogP contribution is 2.32. The number of fused-ring (bicyclic) bond motifs is 1. The highest BCUT2D eigenvalue weighted by molar-refractivity contribution is 5.72. The Kier molecular flexibility index (Phi) is 1.85. The lowest BCUT2D eigenvalue weighted by atomic mass is 10.2. The van der Waals surface area contributed by atoms with E-state index in [1.54, 1.807) is 0 Å². The lowest BCUT2D eigenvalue weighted by Gasteiger charge is -2.09. The molecule has 0 fully saturated rings. The number of hydrogen-bond acceptors (Lipinski definition) is 2. The fraction of sp³-hybridized carbons (Fsp3) is 0.250. The summed E-state index contributed by atoms with van der Waals surface area (Å²) in [5, 5.41) is 11.1. The van der Waals surface area contributed by atoms with Gasteiger partial charge in [-0.2, -0.15) is 13.2 Å². The predicted octanol–water partition coefficient (Wildman–Crippen LogP) is 1.23. The summed E-state index contributed by atoms with van der Waals surface area (Å²) in [6.45, 7) is 0. The maximum atomic E-state index is 12.6. The van der Waals surface area contributed by atoms with Crippen LogP contribution in [-0.4, -0.2) is 9.55 Å². The van der Waals surface area contributed by atoms with Gasteiger partial charge >= 0.3 is 11.8 Å². The van der Waals surface area contributed by atoms with Crippen molar-refractivity contribution in [3.63, 3.8) is 0 Å². The summed E-state index contributed by atoms with van der Waals surface area (Å²) in [7, 11) is 1.41. The number of aryl methyl sites for hydroxylation is 1. The van der Waals surface area contributed by atoms with Crippen LogP contribution < -0.4 is 4.73 Å². The van der Waals surface area contributed by atoms with E-state index in [9.17, 15) is 18.4 Å². The fourth-order valence-electron chi connectivity index (χ4n) is 1.41. The van der Waals surface area contributed by atoms with Crippen LogP contribution in [0.1, 0.15) is 5.56 Å². The van der Waals surface area contributed by atoms with Crippen molar-refractivity contribution in [2.75, 3.05) is 0 Å². The largest absolute Gasteiger partial charge is 0.710 e. The fourth-order valence-corrected chi connectivity index (χ4v) is 1.41. The number of rotatable bonds is 0. The van der Waals surface area contributed by atoms with Crippen molar-refractivity contribution < 1.29 is 17.9 Å². The van der Waals surface area contributed by atoms with Crippen LogP contribution in [-0.2, 0) is 13.2 Å². The minimum atomic E-state index is -4.49. The SMILES string of the molecule is Cn1cnc2c1c(C(F)(F)F)cc[n+]2[O-]. The molecule has 0 unspecified atom stereocenters. The molecule has 2 aromatic rings. The molecule has 0 saturated carbocycles. The van der Waals surface area contributed by atoms with E-state index in [2.05, 4.69) is 4.98 Å². The molecule has 2 rings (SSSR count). The molecule has 0 saturated heterocycles. The van der Waals surface area contributed by atoms with Crippen LogP contribution in [0.2, 0.25) is 0 Å². The van der Waals surface area contributed by atoms with Crippen molar-refractivity contribution in [1.82, 2.24) is 9.55 Å². The summed E-state index contributed by atoms with van der Waals surface area (Å²) in [6.07, 6.45) is -2.51. The first kappa shape index (κ1) is 9.75. The monoisotopic (exact) mass is 217 g/mol. The van der Waals surface area contributed by atoms with E-state index in [0.717, 1.165) is 12.3 Å². The van der Waals surface area contributed by atoms with Gasteiger partial charge in [0.1, 0.15) is 0 Å². The number of alkyl halides is 3. The maximum Gasteiger partial charge on any atom is 0.418 e. The van der Waals surface area contributed by atoms with Gasteiger partial charge in [0.25, 0.3) is 0 Å². The first-order chi connectivity index (χ1) is 6.91. The Morgan fingerprint density at radius 2 is 2.13 bits per heavy atom. The van der Waals surface area contributed by atoms with Crippen molar-refractivity contribution in [3.8, 4) is 0 Å². The normalized spacial score (nSPS) is 12.3. The van der Waals surface area contributed by atoms with Crippen LogP contribution in [0.4, 0.5) is 13.2 Å². The van der Waals surface area contributed by atoms with E-state index in [-0.39, 0.29) is 11.2 Å². The number of aromatic nitrogens is 3. The van der Waals surface area contributed by atoms with Crippen molar-refractivity contribution in [3.05, 3.63) is 29.4 Å². The molecule has 0 aliphatic carbocycles. The Balaban J connectivity index is 2.87. The molecule has 0 aliphatic rings. The Bertz CT molecular complexity index is 518. The van der Waals surface area contributed by atoms with Crippen LogP contribution in [0.3, 0.4) is 0 Å². The van der Waals surface area contributed by atoms with E-state index in [4.69, 9.17) is 0 Å². The van der Waals surface area contributed by atoms with Gasteiger partial charge < -0.3 is 9.77 Å². The first-order valence-corrected chi connectivity index (χ1v) is 4.01. The van der Waals surface area contributed by atoms with E-state index in [0.29, 0.717) is 4.73 Å². The molecule has 0 spiro atoms. The summed E-state index contributed by atoms with van der Waals surface area (Å²) in [5.74, 6) is 0. The van der Waals surface area contributed by atoms with Crippen molar-refractivity contribution in [2.24, 2.45) is 7.05 Å². The summed E-state index contributed by atoms with van der Waals surface area (Å²) < 4.78 is 39.1. The van der Waals surface area contributed by atoms with Gasteiger partial charge in [0.2, 0.25) is 6.33 Å². The lowest BCUT2D eigenvalue weighted by Crippen LogP contribution is -2.28. The summed E-state index contributed by atoms with van der Waals surface area (Å²) in [6, 6.07) is 0.747. The third-order valence-electron chi connectivity index (χ3n) is 2.06. The Labute approximate surface area is 82.2 Å². The molecule has 80 valence electrons. The predicted molar refractivity (Wildman–Crippen MR) is 44.7 cm³/mol. The maximum absolute atomic E-state index is 12.6. The van der Waals surface area contributed by atoms with Gasteiger partial charge in [0, 0.05) is 7.05 Å². The molecule has 0 bridgehead atoms. The zero-order valence-electron chi connectivity index (χ0n) is 7.62. The third-order valence-corrected chi connectivity index (χ3v) is 2.06. The average Bonchev–Trinajstić information content (AvgIpc) is 2.48. The van der Waals surface area contributed by atoms with Gasteiger partial charge in [-0.05, 0) is 11.1 Å². The zero-order chi connectivity index (χ0) is 11.2. The second kappa shape index (κ2) is 2.85. The molecule has 2 aromatic heterocycles. The Morgan fingerprint density at radius 1 is 1.47 bits per heavy atom. The van der Waals surface area contributed by atoms with E-state index >= 15 is 0 Å². The molecule has 0 atom stereocenters. The minimum Gasteiger partial charge on any atom is -0.710 e. The molecule has 7 heteroatoms.